The van der Waals surface area contributed by atoms with E-state index in [4.69, 9.17) is 0 Å². The number of piperidine rings is 1. The molecule has 2 heteroatoms. The van der Waals surface area contributed by atoms with E-state index in [0.29, 0.717) is 0 Å². The first-order valence-corrected chi connectivity index (χ1v) is 5.62. The molecule has 2 atom stereocenters. The summed E-state index contributed by atoms with van der Waals surface area (Å²) in [5.41, 5.74) is 0. The normalized spacial score (nSPS) is 28.2. The van der Waals surface area contributed by atoms with E-state index in [1.165, 1.54) is 44.9 Å². The Morgan fingerprint density at radius 1 is 1.00 bits per heavy atom. The molecule has 0 aliphatic carbocycles. The third-order valence-electron chi connectivity index (χ3n) is 2.85. The van der Waals surface area contributed by atoms with Crippen molar-refractivity contribution in [1.29, 1.82) is 0 Å². The molecular formula is C11H24ClN. The van der Waals surface area contributed by atoms with Gasteiger partial charge < -0.3 is 5.32 Å². The summed E-state index contributed by atoms with van der Waals surface area (Å²) in [6, 6.07) is 1.67. The molecule has 0 saturated carbocycles. The van der Waals surface area contributed by atoms with Crippen LogP contribution in [0.4, 0.5) is 0 Å². The van der Waals surface area contributed by atoms with Gasteiger partial charge >= 0.3 is 0 Å². The van der Waals surface area contributed by atoms with Crippen molar-refractivity contribution in [1.82, 2.24) is 5.32 Å². The van der Waals surface area contributed by atoms with Gasteiger partial charge in [0.05, 0.1) is 0 Å². The van der Waals surface area contributed by atoms with Crippen LogP contribution in [0, 0.1) is 0 Å². The number of hydrogen-bond acceptors (Lipinski definition) is 1. The molecule has 0 radical (unpaired) electrons. The van der Waals surface area contributed by atoms with E-state index in [9.17, 15) is 0 Å². The molecule has 0 spiro atoms. The molecule has 1 N–H and O–H groups in total. The van der Waals surface area contributed by atoms with E-state index in [0.717, 1.165) is 12.1 Å². The SMILES string of the molecule is CCCC1CCCC(CCC)N1.Cl. The fraction of sp³-hybridized carbons (Fsp3) is 1.00. The van der Waals surface area contributed by atoms with Gasteiger partial charge in [-0.2, -0.15) is 0 Å². The van der Waals surface area contributed by atoms with Gasteiger partial charge in [0.15, 0.2) is 0 Å². The summed E-state index contributed by atoms with van der Waals surface area (Å²) in [7, 11) is 0. The van der Waals surface area contributed by atoms with Crippen molar-refractivity contribution >= 4 is 12.4 Å². The van der Waals surface area contributed by atoms with Crippen molar-refractivity contribution in [2.24, 2.45) is 0 Å². The quantitative estimate of drug-likeness (QED) is 0.741. The smallest absolute Gasteiger partial charge is 0.00695 e. The molecule has 1 saturated heterocycles. The first kappa shape index (κ1) is 13.2. The Hall–Kier alpha value is 0.250. The van der Waals surface area contributed by atoms with Gasteiger partial charge in [-0.25, -0.2) is 0 Å². The van der Waals surface area contributed by atoms with Gasteiger partial charge in [0.25, 0.3) is 0 Å². The maximum Gasteiger partial charge on any atom is 0.00695 e. The van der Waals surface area contributed by atoms with E-state index in [-0.39, 0.29) is 12.4 Å². The van der Waals surface area contributed by atoms with E-state index < -0.39 is 0 Å². The molecule has 0 aromatic carbocycles. The van der Waals surface area contributed by atoms with E-state index in [2.05, 4.69) is 19.2 Å². The van der Waals surface area contributed by atoms with Crippen molar-refractivity contribution in [2.45, 2.75) is 70.9 Å². The Bertz CT molecular complexity index is 101. The summed E-state index contributed by atoms with van der Waals surface area (Å²) < 4.78 is 0. The number of rotatable bonds is 4. The Morgan fingerprint density at radius 2 is 1.46 bits per heavy atom. The van der Waals surface area contributed by atoms with Gasteiger partial charge in [-0.1, -0.05) is 33.1 Å². The molecule has 1 aliphatic heterocycles. The maximum absolute atomic E-state index is 3.76. The molecule has 1 aliphatic rings. The number of nitrogens with one attached hydrogen (secondary N) is 1. The summed E-state index contributed by atoms with van der Waals surface area (Å²) in [6.45, 7) is 4.57. The molecule has 2 unspecified atom stereocenters. The summed E-state index contributed by atoms with van der Waals surface area (Å²) in [4.78, 5) is 0. The molecule has 13 heavy (non-hydrogen) atoms. The standard InChI is InChI=1S/C11H23N.ClH/c1-3-6-10-8-5-9-11(12-10)7-4-2;/h10-12H,3-9H2,1-2H3;1H. The fourth-order valence-electron chi connectivity index (χ4n) is 2.26. The van der Waals surface area contributed by atoms with Crippen LogP contribution >= 0.6 is 12.4 Å². The lowest BCUT2D eigenvalue weighted by Crippen LogP contribution is -2.41. The predicted molar refractivity (Wildman–Crippen MR) is 61.6 cm³/mol. The molecule has 0 bridgehead atoms. The minimum Gasteiger partial charge on any atom is -0.311 e. The minimum absolute atomic E-state index is 0. The van der Waals surface area contributed by atoms with Crippen molar-refractivity contribution < 1.29 is 0 Å². The fourth-order valence-corrected chi connectivity index (χ4v) is 2.26. The lowest BCUT2D eigenvalue weighted by molar-refractivity contribution is 0.294. The highest BCUT2D eigenvalue weighted by atomic mass is 35.5. The molecule has 0 amide bonds. The highest BCUT2D eigenvalue weighted by Gasteiger charge is 2.18. The Kier molecular flexibility index (Phi) is 7.78. The number of halogens is 1. The van der Waals surface area contributed by atoms with Crippen molar-refractivity contribution in [2.75, 3.05) is 0 Å². The third-order valence-corrected chi connectivity index (χ3v) is 2.85. The second kappa shape index (κ2) is 7.64. The van der Waals surface area contributed by atoms with Crippen molar-refractivity contribution in [3.05, 3.63) is 0 Å². The van der Waals surface area contributed by atoms with Crippen LogP contribution in [0.2, 0.25) is 0 Å². The highest BCUT2D eigenvalue weighted by Crippen LogP contribution is 2.18. The summed E-state index contributed by atoms with van der Waals surface area (Å²) in [5, 5.41) is 3.76. The minimum atomic E-state index is 0. The van der Waals surface area contributed by atoms with E-state index in [1.54, 1.807) is 0 Å². The average Bonchev–Trinajstić information content (AvgIpc) is 2.06. The van der Waals surface area contributed by atoms with E-state index in [1.807, 2.05) is 0 Å². The molecule has 80 valence electrons. The zero-order chi connectivity index (χ0) is 8.81. The van der Waals surface area contributed by atoms with Crippen LogP contribution in [0.5, 0.6) is 0 Å². The Labute approximate surface area is 89.1 Å². The molecule has 0 aromatic rings. The Morgan fingerprint density at radius 3 is 1.85 bits per heavy atom. The number of hydrogen-bond donors (Lipinski definition) is 1. The van der Waals surface area contributed by atoms with Crippen LogP contribution in [0.15, 0.2) is 0 Å². The molecule has 1 fully saturated rings. The molecule has 0 aromatic heterocycles. The van der Waals surface area contributed by atoms with Crippen molar-refractivity contribution in [3.63, 3.8) is 0 Å². The largest absolute Gasteiger partial charge is 0.311 e. The average molecular weight is 206 g/mol. The second-order valence-corrected chi connectivity index (χ2v) is 4.07. The molecule has 1 nitrogen and oxygen atoms in total. The summed E-state index contributed by atoms with van der Waals surface area (Å²) in [5.74, 6) is 0. The topological polar surface area (TPSA) is 12.0 Å². The monoisotopic (exact) mass is 205 g/mol. The Balaban J connectivity index is 0.00000144. The summed E-state index contributed by atoms with van der Waals surface area (Å²) in [6.07, 6.45) is 9.68. The van der Waals surface area contributed by atoms with Crippen LogP contribution in [0.25, 0.3) is 0 Å². The van der Waals surface area contributed by atoms with Gasteiger partial charge in [0.2, 0.25) is 0 Å². The maximum atomic E-state index is 3.76. The van der Waals surface area contributed by atoms with Crippen LogP contribution in [-0.4, -0.2) is 12.1 Å². The highest BCUT2D eigenvalue weighted by molar-refractivity contribution is 5.85. The second-order valence-electron chi connectivity index (χ2n) is 4.07. The summed E-state index contributed by atoms with van der Waals surface area (Å²) >= 11 is 0. The third kappa shape index (κ3) is 4.87. The zero-order valence-electron chi connectivity index (χ0n) is 9.01. The van der Waals surface area contributed by atoms with Gasteiger partial charge in [-0.05, 0) is 25.7 Å². The van der Waals surface area contributed by atoms with Gasteiger partial charge in [0, 0.05) is 12.1 Å². The van der Waals surface area contributed by atoms with Gasteiger partial charge in [0.1, 0.15) is 0 Å². The van der Waals surface area contributed by atoms with E-state index >= 15 is 0 Å². The lowest BCUT2D eigenvalue weighted by Gasteiger charge is -2.30. The van der Waals surface area contributed by atoms with Gasteiger partial charge in [-0.15, -0.1) is 12.4 Å². The molecule has 1 heterocycles. The van der Waals surface area contributed by atoms with Crippen molar-refractivity contribution in [3.8, 4) is 0 Å². The zero-order valence-corrected chi connectivity index (χ0v) is 9.83. The first-order chi connectivity index (χ1) is 5.86. The van der Waals surface area contributed by atoms with Crippen LogP contribution in [-0.2, 0) is 0 Å². The van der Waals surface area contributed by atoms with Crippen LogP contribution in [0.1, 0.15) is 58.8 Å². The predicted octanol–water partition coefficient (Wildman–Crippen LogP) is 3.52. The molecule has 1 rings (SSSR count). The lowest BCUT2D eigenvalue weighted by atomic mass is 9.93. The van der Waals surface area contributed by atoms with Gasteiger partial charge in [-0.3, -0.25) is 0 Å². The molecular weight excluding hydrogens is 182 g/mol. The van der Waals surface area contributed by atoms with Crippen LogP contribution in [0.3, 0.4) is 0 Å². The first-order valence-electron chi connectivity index (χ1n) is 5.62. The van der Waals surface area contributed by atoms with Crippen LogP contribution < -0.4 is 5.32 Å².